The number of aromatic nitrogens is 2. The molecule has 0 radical (unpaired) electrons. The smallest absolute Gasteiger partial charge is 0.323 e. The molecule has 38 heavy (non-hydrogen) atoms. The zero-order valence-corrected chi connectivity index (χ0v) is 21.6. The number of ether oxygens (including phenoxy) is 1. The molecule has 0 fully saturated rings. The van der Waals surface area contributed by atoms with Crippen molar-refractivity contribution in [1.29, 1.82) is 0 Å². The van der Waals surface area contributed by atoms with Gasteiger partial charge in [0.15, 0.2) is 0 Å². The molecule has 0 spiro atoms. The molecule has 0 saturated heterocycles. The summed E-state index contributed by atoms with van der Waals surface area (Å²) in [6.07, 6.45) is 0. The Balaban J connectivity index is 1.82. The third-order valence-electron chi connectivity index (χ3n) is 6.37. The standard InChI is InChI=1S/C29H31N5O4/c1-4-38-25-17-11-9-15-23(25)32-29(37)34(19(2)21-12-6-5-7-13-21)20(3)27-28(36)33(18-26(30)35)24-16-10-8-14-22(24)31-27/h5-17,19-20H,4,18H2,1-3H3,(H2,30,35)(H,32,37). The fraction of sp³-hybridized carbons (Fsp3) is 0.241. The Kier molecular flexibility index (Phi) is 8.06. The van der Waals surface area contributed by atoms with E-state index >= 15 is 0 Å². The van der Waals surface area contributed by atoms with Crippen LogP contribution in [-0.2, 0) is 11.3 Å². The number of nitrogens with two attached hydrogens (primary N) is 1. The molecule has 4 aromatic rings. The minimum atomic E-state index is -0.763. The van der Waals surface area contributed by atoms with E-state index in [9.17, 15) is 14.4 Å². The second-order valence-electron chi connectivity index (χ2n) is 8.87. The summed E-state index contributed by atoms with van der Waals surface area (Å²) >= 11 is 0. The van der Waals surface area contributed by atoms with Crippen LogP contribution < -0.4 is 21.3 Å². The molecule has 0 aliphatic heterocycles. The SMILES string of the molecule is CCOc1ccccc1NC(=O)N(C(C)c1ccccc1)C(C)c1nc2ccccc2n(CC(N)=O)c1=O. The third kappa shape index (κ3) is 5.51. The number of hydrogen-bond acceptors (Lipinski definition) is 5. The van der Waals surface area contributed by atoms with Crippen molar-refractivity contribution in [2.75, 3.05) is 11.9 Å². The topological polar surface area (TPSA) is 120 Å². The first-order valence-electron chi connectivity index (χ1n) is 12.5. The van der Waals surface area contributed by atoms with Crippen molar-refractivity contribution in [3.05, 3.63) is 100 Å². The number of nitrogens with one attached hydrogen (secondary N) is 1. The van der Waals surface area contributed by atoms with E-state index in [1.807, 2.05) is 50.2 Å². The van der Waals surface area contributed by atoms with Gasteiger partial charge in [0.05, 0.1) is 35.4 Å². The number of rotatable bonds is 9. The van der Waals surface area contributed by atoms with Gasteiger partial charge in [0.1, 0.15) is 18.0 Å². The Bertz CT molecular complexity index is 1500. The summed E-state index contributed by atoms with van der Waals surface area (Å²) in [5.41, 5.74) is 7.50. The van der Waals surface area contributed by atoms with Gasteiger partial charge in [0.2, 0.25) is 5.91 Å². The molecule has 2 atom stereocenters. The van der Waals surface area contributed by atoms with Gasteiger partial charge >= 0.3 is 6.03 Å². The van der Waals surface area contributed by atoms with Gasteiger partial charge < -0.3 is 20.7 Å². The Hall–Kier alpha value is -4.66. The number of primary amides is 1. The number of hydrogen-bond donors (Lipinski definition) is 2. The molecule has 9 nitrogen and oxygen atoms in total. The molecule has 1 heterocycles. The highest BCUT2D eigenvalue weighted by Crippen LogP contribution is 2.32. The number of amides is 3. The molecule has 3 N–H and O–H groups in total. The van der Waals surface area contributed by atoms with Gasteiger partial charge in [-0.1, -0.05) is 54.6 Å². The van der Waals surface area contributed by atoms with E-state index in [1.165, 1.54) is 4.57 Å². The molecule has 9 heteroatoms. The van der Waals surface area contributed by atoms with E-state index in [4.69, 9.17) is 10.5 Å². The quantitative estimate of drug-likeness (QED) is 0.338. The molecule has 0 aliphatic carbocycles. The van der Waals surface area contributed by atoms with Crippen LogP contribution in [0.5, 0.6) is 5.75 Å². The Morgan fingerprint density at radius 2 is 1.63 bits per heavy atom. The van der Waals surface area contributed by atoms with E-state index in [0.717, 1.165) is 5.56 Å². The molecule has 0 bridgehead atoms. The second-order valence-corrected chi connectivity index (χ2v) is 8.87. The van der Waals surface area contributed by atoms with Crippen molar-refractivity contribution >= 4 is 28.7 Å². The maximum absolute atomic E-state index is 13.9. The maximum Gasteiger partial charge on any atom is 0.323 e. The van der Waals surface area contributed by atoms with Gasteiger partial charge in [-0.05, 0) is 50.6 Å². The largest absolute Gasteiger partial charge is 0.492 e. The van der Waals surface area contributed by atoms with Gasteiger partial charge in [0.25, 0.3) is 5.56 Å². The van der Waals surface area contributed by atoms with Gasteiger partial charge in [-0.15, -0.1) is 0 Å². The zero-order chi connectivity index (χ0) is 27.2. The monoisotopic (exact) mass is 513 g/mol. The third-order valence-corrected chi connectivity index (χ3v) is 6.37. The molecule has 1 aromatic heterocycles. The van der Waals surface area contributed by atoms with Gasteiger partial charge in [-0.3, -0.25) is 14.2 Å². The predicted molar refractivity (Wildman–Crippen MR) is 147 cm³/mol. The molecule has 4 rings (SSSR count). The maximum atomic E-state index is 13.9. The Morgan fingerprint density at radius 1 is 0.974 bits per heavy atom. The summed E-state index contributed by atoms with van der Waals surface area (Å²) in [6, 6.07) is 22.1. The number of carbonyl (C=O) groups is 2. The molecular weight excluding hydrogens is 482 g/mol. The van der Waals surface area contributed by atoms with E-state index in [1.54, 1.807) is 54.3 Å². The lowest BCUT2D eigenvalue weighted by atomic mass is 10.0. The highest BCUT2D eigenvalue weighted by Gasteiger charge is 2.31. The number of benzene rings is 3. The van der Waals surface area contributed by atoms with Crippen LogP contribution in [0.1, 0.15) is 44.1 Å². The van der Waals surface area contributed by atoms with Crippen LogP contribution in [0, 0.1) is 0 Å². The van der Waals surface area contributed by atoms with Crippen molar-refractivity contribution in [1.82, 2.24) is 14.5 Å². The first-order valence-corrected chi connectivity index (χ1v) is 12.5. The summed E-state index contributed by atoms with van der Waals surface area (Å²) < 4.78 is 6.99. The summed E-state index contributed by atoms with van der Waals surface area (Å²) in [7, 11) is 0. The van der Waals surface area contributed by atoms with Crippen molar-refractivity contribution in [2.24, 2.45) is 5.73 Å². The lowest BCUT2D eigenvalue weighted by Crippen LogP contribution is -2.42. The summed E-state index contributed by atoms with van der Waals surface area (Å²) in [5.74, 6) is -0.113. The highest BCUT2D eigenvalue weighted by molar-refractivity contribution is 5.91. The lowest BCUT2D eigenvalue weighted by Gasteiger charge is -2.35. The first kappa shape index (κ1) is 26.4. The fourth-order valence-corrected chi connectivity index (χ4v) is 4.54. The van der Waals surface area contributed by atoms with Crippen LogP contribution in [0.25, 0.3) is 11.0 Å². The minimum absolute atomic E-state index is 0.126. The zero-order valence-electron chi connectivity index (χ0n) is 21.6. The van der Waals surface area contributed by atoms with Crippen molar-refractivity contribution in [2.45, 2.75) is 39.4 Å². The molecule has 0 aliphatic rings. The number of carbonyl (C=O) groups excluding carboxylic acids is 2. The van der Waals surface area contributed by atoms with Gasteiger partial charge in [0, 0.05) is 0 Å². The van der Waals surface area contributed by atoms with Crippen LogP contribution in [0.15, 0.2) is 83.7 Å². The Morgan fingerprint density at radius 3 is 2.34 bits per heavy atom. The van der Waals surface area contributed by atoms with Crippen LogP contribution in [0.2, 0.25) is 0 Å². The van der Waals surface area contributed by atoms with E-state index in [2.05, 4.69) is 10.3 Å². The van der Waals surface area contributed by atoms with Gasteiger partial charge in [-0.2, -0.15) is 0 Å². The summed E-state index contributed by atoms with van der Waals surface area (Å²) in [6.45, 7) is 5.65. The Labute approximate surface area is 220 Å². The molecule has 3 amide bonds. The second kappa shape index (κ2) is 11.6. The number of anilines is 1. The number of fused-ring (bicyclic) bond motifs is 1. The summed E-state index contributed by atoms with van der Waals surface area (Å²) in [4.78, 5) is 45.6. The van der Waals surface area contributed by atoms with E-state index in [0.29, 0.717) is 29.1 Å². The fourth-order valence-electron chi connectivity index (χ4n) is 4.54. The number of para-hydroxylation sites is 4. The first-order chi connectivity index (χ1) is 18.3. The van der Waals surface area contributed by atoms with Crippen LogP contribution >= 0.6 is 0 Å². The molecular formula is C29H31N5O4. The van der Waals surface area contributed by atoms with Crippen molar-refractivity contribution < 1.29 is 14.3 Å². The average Bonchev–Trinajstić information content (AvgIpc) is 2.91. The van der Waals surface area contributed by atoms with Crippen molar-refractivity contribution in [3.8, 4) is 5.75 Å². The molecule has 196 valence electrons. The van der Waals surface area contributed by atoms with Gasteiger partial charge in [-0.25, -0.2) is 9.78 Å². The lowest BCUT2D eigenvalue weighted by molar-refractivity contribution is -0.118. The average molecular weight is 514 g/mol. The van der Waals surface area contributed by atoms with Crippen LogP contribution in [0.4, 0.5) is 10.5 Å². The number of nitrogens with zero attached hydrogens (tertiary/aromatic N) is 3. The number of urea groups is 1. The minimum Gasteiger partial charge on any atom is -0.492 e. The van der Waals surface area contributed by atoms with Crippen molar-refractivity contribution in [3.63, 3.8) is 0 Å². The summed E-state index contributed by atoms with van der Waals surface area (Å²) in [5, 5.41) is 2.95. The van der Waals surface area contributed by atoms with E-state index < -0.39 is 29.6 Å². The molecule has 3 aromatic carbocycles. The normalized spacial score (nSPS) is 12.5. The predicted octanol–water partition coefficient (Wildman–Crippen LogP) is 4.64. The molecule has 0 saturated carbocycles. The van der Waals surface area contributed by atoms with Crippen LogP contribution in [0.3, 0.4) is 0 Å². The molecule has 2 unspecified atom stereocenters. The van der Waals surface area contributed by atoms with E-state index in [-0.39, 0.29) is 12.2 Å². The highest BCUT2D eigenvalue weighted by atomic mass is 16.5. The van der Waals surface area contributed by atoms with Crippen LogP contribution in [-0.4, -0.2) is 33.0 Å².